The Morgan fingerprint density at radius 2 is 2.19 bits per heavy atom. The van der Waals surface area contributed by atoms with Gasteiger partial charge < -0.3 is 20.7 Å². The molecule has 0 spiro atoms. The third kappa shape index (κ3) is 6.69. The van der Waals surface area contributed by atoms with E-state index in [0.29, 0.717) is 26.1 Å². The average Bonchev–Trinajstić information content (AvgIpc) is 3.16. The molecule has 2 aromatic rings. The summed E-state index contributed by atoms with van der Waals surface area (Å²) in [5.74, 6) is 1.69. The molecular weight excluding hydrogens is 475 g/mol. The maximum absolute atomic E-state index is 11.4. The second-order valence-electron chi connectivity index (χ2n) is 5.97. The molecule has 0 bridgehead atoms. The first-order valence-corrected chi connectivity index (χ1v) is 9.77. The molecule has 0 fully saturated rings. The van der Waals surface area contributed by atoms with Crippen LogP contribution < -0.4 is 20.7 Å². The highest BCUT2D eigenvalue weighted by Gasteiger charge is 2.14. The van der Waals surface area contributed by atoms with Crippen LogP contribution in [0.15, 0.2) is 40.0 Å². The molecule has 2 heterocycles. The number of guanidine groups is 1. The van der Waals surface area contributed by atoms with Crippen molar-refractivity contribution in [2.45, 2.75) is 26.3 Å². The van der Waals surface area contributed by atoms with Gasteiger partial charge in [-0.25, -0.2) is 4.99 Å². The molecule has 0 saturated heterocycles. The molecule has 1 aromatic carbocycles. The highest BCUT2D eigenvalue weighted by molar-refractivity contribution is 14.0. The zero-order valence-corrected chi connectivity index (χ0v) is 18.4. The van der Waals surface area contributed by atoms with Gasteiger partial charge in [0.05, 0.1) is 13.1 Å². The van der Waals surface area contributed by atoms with Gasteiger partial charge in [-0.2, -0.15) is 11.3 Å². The van der Waals surface area contributed by atoms with Crippen LogP contribution in [0, 0.1) is 0 Å². The van der Waals surface area contributed by atoms with Crippen molar-refractivity contribution in [3.63, 3.8) is 0 Å². The Balaban J connectivity index is 0.00000261. The Hall–Kier alpha value is -1.81. The normalized spacial score (nSPS) is 13.2. The minimum atomic E-state index is 0. The molecular formula is C19H25IN4O2S. The third-order valence-electron chi connectivity index (χ3n) is 3.98. The van der Waals surface area contributed by atoms with Crippen LogP contribution >= 0.6 is 35.3 Å². The van der Waals surface area contributed by atoms with Crippen molar-refractivity contribution >= 4 is 52.9 Å². The summed E-state index contributed by atoms with van der Waals surface area (Å²) in [4.78, 5) is 16.0. The number of nitrogens with zero attached hydrogens (tertiary/aromatic N) is 1. The highest BCUT2D eigenvalue weighted by Crippen LogP contribution is 2.26. The van der Waals surface area contributed by atoms with Gasteiger partial charge in [-0.3, -0.25) is 4.79 Å². The van der Waals surface area contributed by atoms with E-state index in [1.165, 1.54) is 5.56 Å². The second kappa shape index (κ2) is 11.1. The Bertz CT molecular complexity index is 765. The number of aryl methyl sites for hydroxylation is 1. The van der Waals surface area contributed by atoms with Gasteiger partial charge in [-0.15, -0.1) is 24.0 Å². The van der Waals surface area contributed by atoms with E-state index >= 15 is 0 Å². The second-order valence-corrected chi connectivity index (χ2v) is 6.75. The van der Waals surface area contributed by atoms with E-state index in [1.807, 2.05) is 25.1 Å². The SMILES string of the molecule is CCNC(=NCc1ccsc1)NCCOc1ccc2c(c1)CCC(=O)N2.I. The lowest BCUT2D eigenvalue weighted by Crippen LogP contribution is -2.39. The number of halogens is 1. The van der Waals surface area contributed by atoms with E-state index in [1.54, 1.807) is 11.3 Å². The Kier molecular flexibility index (Phi) is 8.86. The van der Waals surface area contributed by atoms with E-state index in [2.05, 4.69) is 37.8 Å². The number of ether oxygens (including phenoxy) is 1. The van der Waals surface area contributed by atoms with Gasteiger partial charge in [-0.05, 0) is 59.5 Å². The maximum Gasteiger partial charge on any atom is 0.224 e. The number of aliphatic imine (C=N–C) groups is 1. The van der Waals surface area contributed by atoms with Crippen LogP contribution in [0.3, 0.4) is 0 Å². The molecule has 6 nitrogen and oxygen atoms in total. The fourth-order valence-electron chi connectivity index (χ4n) is 2.68. The summed E-state index contributed by atoms with van der Waals surface area (Å²) in [6, 6.07) is 7.88. The number of fused-ring (bicyclic) bond motifs is 1. The topological polar surface area (TPSA) is 74.8 Å². The number of anilines is 1. The van der Waals surface area contributed by atoms with Gasteiger partial charge >= 0.3 is 0 Å². The summed E-state index contributed by atoms with van der Waals surface area (Å²) in [5.41, 5.74) is 3.23. The summed E-state index contributed by atoms with van der Waals surface area (Å²) in [6.07, 6.45) is 1.29. The monoisotopic (exact) mass is 500 g/mol. The van der Waals surface area contributed by atoms with Gasteiger partial charge in [0.15, 0.2) is 5.96 Å². The Morgan fingerprint density at radius 1 is 1.30 bits per heavy atom. The van der Waals surface area contributed by atoms with E-state index in [4.69, 9.17) is 4.74 Å². The standard InChI is InChI=1S/C19H24N4O2S.HI/c1-2-20-19(22-12-14-7-10-26-13-14)21-8-9-25-16-4-5-17-15(11-16)3-6-18(24)23-17;/h4-5,7,10-11,13H,2-3,6,8-9,12H2,1H3,(H,23,24)(H2,20,21,22);1H. The number of amides is 1. The van der Waals surface area contributed by atoms with Crippen LogP contribution in [0.5, 0.6) is 5.75 Å². The lowest BCUT2D eigenvalue weighted by Gasteiger charge is -2.18. The molecule has 27 heavy (non-hydrogen) atoms. The zero-order chi connectivity index (χ0) is 18.2. The largest absolute Gasteiger partial charge is 0.492 e. The van der Waals surface area contributed by atoms with Crippen molar-refractivity contribution in [3.05, 3.63) is 46.2 Å². The quantitative estimate of drug-likeness (QED) is 0.236. The molecule has 1 aromatic heterocycles. The van der Waals surface area contributed by atoms with Gasteiger partial charge in [-0.1, -0.05) is 0 Å². The van der Waals surface area contributed by atoms with E-state index in [0.717, 1.165) is 35.9 Å². The molecule has 1 aliphatic heterocycles. The van der Waals surface area contributed by atoms with E-state index in [9.17, 15) is 4.79 Å². The first kappa shape index (κ1) is 21.5. The van der Waals surface area contributed by atoms with E-state index < -0.39 is 0 Å². The van der Waals surface area contributed by atoms with Gasteiger partial charge in [0.25, 0.3) is 0 Å². The lowest BCUT2D eigenvalue weighted by molar-refractivity contribution is -0.116. The third-order valence-corrected chi connectivity index (χ3v) is 4.71. The zero-order valence-electron chi connectivity index (χ0n) is 15.3. The molecule has 0 aliphatic carbocycles. The fraction of sp³-hybridized carbons (Fsp3) is 0.368. The molecule has 0 radical (unpaired) electrons. The first-order chi connectivity index (χ1) is 12.7. The van der Waals surface area contributed by atoms with Crippen LogP contribution in [-0.4, -0.2) is 31.6 Å². The van der Waals surface area contributed by atoms with Crippen molar-refractivity contribution in [2.24, 2.45) is 4.99 Å². The molecule has 1 aliphatic rings. The van der Waals surface area contributed by atoms with Crippen molar-refractivity contribution in [1.29, 1.82) is 0 Å². The number of hydrogen-bond acceptors (Lipinski definition) is 4. The highest BCUT2D eigenvalue weighted by atomic mass is 127. The van der Waals surface area contributed by atoms with Crippen molar-refractivity contribution in [1.82, 2.24) is 10.6 Å². The lowest BCUT2D eigenvalue weighted by atomic mass is 10.0. The van der Waals surface area contributed by atoms with Crippen LogP contribution in [0.4, 0.5) is 5.69 Å². The minimum absolute atomic E-state index is 0. The number of carbonyl (C=O) groups excluding carboxylic acids is 1. The molecule has 0 saturated carbocycles. The number of hydrogen-bond donors (Lipinski definition) is 3. The smallest absolute Gasteiger partial charge is 0.224 e. The first-order valence-electron chi connectivity index (χ1n) is 8.83. The van der Waals surface area contributed by atoms with Crippen LogP contribution in [0.2, 0.25) is 0 Å². The molecule has 0 unspecified atom stereocenters. The van der Waals surface area contributed by atoms with Gasteiger partial charge in [0, 0.05) is 18.7 Å². The van der Waals surface area contributed by atoms with Crippen molar-refractivity contribution in [3.8, 4) is 5.75 Å². The predicted molar refractivity (Wildman–Crippen MR) is 121 cm³/mol. The van der Waals surface area contributed by atoms with Crippen LogP contribution in [0.1, 0.15) is 24.5 Å². The van der Waals surface area contributed by atoms with Crippen molar-refractivity contribution < 1.29 is 9.53 Å². The Labute approximate surface area is 180 Å². The molecule has 0 atom stereocenters. The molecule has 1 amide bonds. The minimum Gasteiger partial charge on any atom is -0.492 e. The van der Waals surface area contributed by atoms with Gasteiger partial charge in [0.2, 0.25) is 5.91 Å². The Morgan fingerprint density at radius 3 is 2.96 bits per heavy atom. The molecule has 3 rings (SSSR count). The summed E-state index contributed by atoms with van der Waals surface area (Å²) in [6.45, 7) is 4.71. The number of thiophene rings is 1. The average molecular weight is 500 g/mol. The van der Waals surface area contributed by atoms with Crippen molar-refractivity contribution in [2.75, 3.05) is 25.0 Å². The fourth-order valence-corrected chi connectivity index (χ4v) is 3.34. The summed E-state index contributed by atoms with van der Waals surface area (Å²) < 4.78 is 5.82. The number of carbonyl (C=O) groups is 1. The molecule has 146 valence electrons. The number of rotatable bonds is 7. The number of benzene rings is 1. The van der Waals surface area contributed by atoms with Crippen LogP contribution in [0.25, 0.3) is 0 Å². The number of nitrogens with one attached hydrogen (secondary N) is 3. The summed E-state index contributed by atoms with van der Waals surface area (Å²) in [7, 11) is 0. The van der Waals surface area contributed by atoms with E-state index in [-0.39, 0.29) is 29.9 Å². The predicted octanol–water partition coefficient (Wildman–Crippen LogP) is 3.38. The molecule has 8 heteroatoms. The maximum atomic E-state index is 11.4. The summed E-state index contributed by atoms with van der Waals surface area (Å²) >= 11 is 1.68. The molecule has 3 N–H and O–H groups in total. The summed E-state index contributed by atoms with van der Waals surface area (Å²) in [5, 5.41) is 13.6. The van der Waals surface area contributed by atoms with Crippen LogP contribution in [-0.2, 0) is 17.8 Å². The van der Waals surface area contributed by atoms with Gasteiger partial charge in [0.1, 0.15) is 12.4 Å².